The van der Waals surface area contributed by atoms with Crippen LogP contribution in [0.25, 0.3) is 10.9 Å². The number of carbonyl (C=O) groups excluding carboxylic acids is 2. The van der Waals surface area contributed by atoms with Gasteiger partial charge in [0, 0.05) is 37.6 Å². The highest BCUT2D eigenvalue weighted by Gasteiger charge is 2.28. The number of aryl methyl sites for hydroxylation is 1. The zero-order valence-corrected chi connectivity index (χ0v) is 26.0. The molecule has 0 N–H and O–H groups in total. The van der Waals surface area contributed by atoms with E-state index in [1.54, 1.807) is 12.3 Å². The molecule has 1 aromatic heterocycles. The minimum atomic E-state index is -0.245. The van der Waals surface area contributed by atoms with Crippen LogP contribution in [0.4, 0.5) is 0 Å². The van der Waals surface area contributed by atoms with Crippen LogP contribution in [0.15, 0.2) is 54.7 Å². The van der Waals surface area contributed by atoms with E-state index in [4.69, 9.17) is 23.2 Å². The van der Waals surface area contributed by atoms with Gasteiger partial charge in [-0.3, -0.25) is 14.6 Å². The standard InChI is InChI=1S/C20H25N3O.C7H6Cl2.C3H6O2.C2H6/c24-20(17-14-16-6-2-3-7-19(16)21-15-17)23-12-8-18(9-13-23)22-10-4-1-5-11-22;1-5-2-3-6(8)7(9)4-5;1-3(4)5-2;1-2/h2-3,6-7,14-15,18H,1,4-5,8-13H2;2-4H,1H3;1-2H3;1-2H3. The van der Waals surface area contributed by atoms with Gasteiger partial charge in [0.2, 0.25) is 0 Å². The maximum atomic E-state index is 12.8. The fraction of sp³-hybridized carbons (Fsp3) is 0.469. The van der Waals surface area contributed by atoms with Crippen LogP contribution in [-0.4, -0.2) is 66.0 Å². The Balaban J connectivity index is 0.000000290. The van der Waals surface area contributed by atoms with Gasteiger partial charge in [-0.05, 0) is 75.5 Å². The number of amides is 1. The molecule has 8 heteroatoms. The van der Waals surface area contributed by atoms with Crippen molar-refractivity contribution in [2.45, 2.75) is 65.8 Å². The largest absolute Gasteiger partial charge is 0.469 e. The number of benzene rings is 2. The topological polar surface area (TPSA) is 62.7 Å². The van der Waals surface area contributed by atoms with Crippen LogP contribution in [0.1, 0.15) is 68.8 Å². The lowest BCUT2D eigenvalue weighted by atomic mass is 9.99. The first-order chi connectivity index (χ1) is 19.3. The lowest BCUT2D eigenvalue weighted by Gasteiger charge is -2.40. The summed E-state index contributed by atoms with van der Waals surface area (Å²) in [6, 6.07) is 16.2. The lowest BCUT2D eigenvalue weighted by molar-refractivity contribution is -0.137. The summed E-state index contributed by atoms with van der Waals surface area (Å²) in [6.07, 6.45) is 7.98. The molecule has 0 spiro atoms. The number of para-hydroxylation sites is 1. The minimum Gasteiger partial charge on any atom is -0.469 e. The van der Waals surface area contributed by atoms with Gasteiger partial charge < -0.3 is 14.5 Å². The Morgan fingerprint density at radius 1 is 0.900 bits per heavy atom. The molecule has 0 atom stereocenters. The summed E-state index contributed by atoms with van der Waals surface area (Å²) in [4.78, 5) is 31.5. The number of hydrogen-bond donors (Lipinski definition) is 0. The summed E-state index contributed by atoms with van der Waals surface area (Å²) < 4.78 is 4.11. The first-order valence-electron chi connectivity index (χ1n) is 14.1. The van der Waals surface area contributed by atoms with E-state index < -0.39 is 0 Å². The SMILES string of the molecule is CC.COC(C)=O.Cc1ccc(Cl)c(Cl)c1.O=C(c1cnc2ccccc2c1)N1CCC(N2CCCCC2)CC1. The zero-order chi connectivity index (χ0) is 29.5. The molecule has 0 bridgehead atoms. The lowest BCUT2D eigenvalue weighted by Crippen LogP contribution is -2.48. The Bertz CT molecular complexity index is 1210. The molecule has 1 amide bonds. The van der Waals surface area contributed by atoms with Crippen LogP contribution in [0.5, 0.6) is 0 Å². The predicted molar refractivity (Wildman–Crippen MR) is 166 cm³/mol. The maximum Gasteiger partial charge on any atom is 0.302 e. The Hall–Kier alpha value is -2.67. The molecular weight excluding hydrogens is 545 g/mol. The summed E-state index contributed by atoms with van der Waals surface area (Å²) >= 11 is 11.3. The molecule has 0 unspecified atom stereocenters. The summed E-state index contributed by atoms with van der Waals surface area (Å²) in [5.41, 5.74) is 2.78. The number of nitrogens with zero attached hydrogens (tertiary/aromatic N) is 3. The Kier molecular flexibility index (Phi) is 15.0. The van der Waals surface area contributed by atoms with E-state index in [1.165, 1.54) is 46.4 Å². The highest BCUT2D eigenvalue weighted by atomic mass is 35.5. The molecule has 218 valence electrons. The monoisotopic (exact) mass is 587 g/mol. The molecule has 2 aliphatic rings. The fourth-order valence-electron chi connectivity index (χ4n) is 4.69. The number of methoxy groups -OCH3 is 1. The Morgan fingerprint density at radius 3 is 2.10 bits per heavy atom. The third-order valence-corrected chi connectivity index (χ3v) is 7.60. The molecule has 3 heterocycles. The molecule has 2 aromatic carbocycles. The number of halogens is 2. The summed E-state index contributed by atoms with van der Waals surface area (Å²) in [5.74, 6) is -0.115. The molecular formula is C32H43Cl2N3O3. The number of pyridine rings is 1. The van der Waals surface area contributed by atoms with Gasteiger partial charge >= 0.3 is 5.97 Å². The van der Waals surface area contributed by atoms with Gasteiger partial charge in [0.05, 0.1) is 28.2 Å². The van der Waals surface area contributed by atoms with Gasteiger partial charge in [-0.2, -0.15) is 0 Å². The predicted octanol–water partition coefficient (Wildman–Crippen LogP) is 7.83. The van der Waals surface area contributed by atoms with E-state index in [1.807, 2.05) is 68.1 Å². The zero-order valence-electron chi connectivity index (χ0n) is 24.5. The number of likely N-dealkylation sites (tertiary alicyclic amines) is 2. The number of ether oxygens (including phenoxy) is 1. The van der Waals surface area contributed by atoms with Gasteiger partial charge in [0.1, 0.15) is 0 Å². The summed E-state index contributed by atoms with van der Waals surface area (Å²) in [7, 11) is 1.35. The number of esters is 1. The van der Waals surface area contributed by atoms with Crippen molar-refractivity contribution in [2.24, 2.45) is 0 Å². The summed E-state index contributed by atoms with van der Waals surface area (Å²) in [5, 5.41) is 2.27. The molecule has 2 saturated heterocycles. The smallest absolute Gasteiger partial charge is 0.302 e. The van der Waals surface area contributed by atoms with Crippen LogP contribution in [0, 0.1) is 6.92 Å². The molecule has 2 fully saturated rings. The van der Waals surface area contributed by atoms with Gasteiger partial charge in [0.15, 0.2) is 0 Å². The second-order valence-electron chi connectivity index (χ2n) is 9.65. The first kappa shape index (κ1) is 33.5. The van der Waals surface area contributed by atoms with Gasteiger partial charge in [-0.15, -0.1) is 0 Å². The second kappa shape index (κ2) is 17.9. The van der Waals surface area contributed by atoms with Crippen molar-refractivity contribution in [1.29, 1.82) is 0 Å². The Morgan fingerprint density at radius 2 is 1.52 bits per heavy atom. The number of hydrogen-bond acceptors (Lipinski definition) is 5. The Labute approximate surface area is 249 Å². The van der Waals surface area contributed by atoms with E-state index in [-0.39, 0.29) is 11.9 Å². The number of carbonyl (C=O) groups is 2. The molecule has 0 saturated carbocycles. The van der Waals surface area contributed by atoms with Crippen molar-refractivity contribution in [1.82, 2.24) is 14.8 Å². The van der Waals surface area contributed by atoms with E-state index in [2.05, 4.69) is 14.6 Å². The van der Waals surface area contributed by atoms with Crippen molar-refractivity contribution < 1.29 is 14.3 Å². The van der Waals surface area contributed by atoms with Crippen LogP contribution in [0.3, 0.4) is 0 Å². The third-order valence-electron chi connectivity index (χ3n) is 6.86. The van der Waals surface area contributed by atoms with E-state index in [0.717, 1.165) is 42.4 Å². The van der Waals surface area contributed by atoms with Crippen molar-refractivity contribution in [3.8, 4) is 0 Å². The molecule has 40 heavy (non-hydrogen) atoms. The number of fused-ring (bicyclic) bond motifs is 1. The van der Waals surface area contributed by atoms with Crippen molar-refractivity contribution >= 4 is 46.0 Å². The third kappa shape index (κ3) is 10.7. The fourth-order valence-corrected chi connectivity index (χ4v) is 5.04. The van der Waals surface area contributed by atoms with Crippen LogP contribution >= 0.6 is 23.2 Å². The van der Waals surface area contributed by atoms with Crippen molar-refractivity contribution in [3.05, 3.63) is 75.9 Å². The molecule has 0 aliphatic carbocycles. The molecule has 5 rings (SSSR count). The first-order valence-corrected chi connectivity index (χ1v) is 14.9. The molecule has 3 aromatic rings. The summed E-state index contributed by atoms with van der Waals surface area (Å²) in [6.45, 7) is 11.6. The number of rotatable bonds is 2. The minimum absolute atomic E-state index is 0.130. The van der Waals surface area contributed by atoms with E-state index in [0.29, 0.717) is 21.7 Å². The highest BCUT2D eigenvalue weighted by molar-refractivity contribution is 6.42. The van der Waals surface area contributed by atoms with Gasteiger partial charge in [0.25, 0.3) is 5.91 Å². The number of aromatic nitrogens is 1. The van der Waals surface area contributed by atoms with Crippen molar-refractivity contribution in [3.63, 3.8) is 0 Å². The normalized spacial score (nSPS) is 15.4. The van der Waals surface area contributed by atoms with Gasteiger partial charge in [-0.25, -0.2) is 0 Å². The van der Waals surface area contributed by atoms with Crippen LogP contribution in [0.2, 0.25) is 10.0 Å². The molecule has 2 aliphatic heterocycles. The van der Waals surface area contributed by atoms with Crippen molar-refractivity contribution in [2.75, 3.05) is 33.3 Å². The molecule has 6 nitrogen and oxygen atoms in total. The second-order valence-corrected chi connectivity index (χ2v) is 10.5. The molecule has 0 radical (unpaired) electrons. The highest BCUT2D eigenvalue weighted by Crippen LogP contribution is 2.23. The maximum absolute atomic E-state index is 12.8. The average molecular weight is 589 g/mol. The number of piperidine rings is 2. The van der Waals surface area contributed by atoms with Crippen LogP contribution < -0.4 is 0 Å². The van der Waals surface area contributed by atoms with Crippen LogP contribution in [-0.2, 0) is 9.53 Å². The van der Waals surface area contributed by atoms with E-state index >= 15 is 0 Å². The van der Waals surface area contributed by atoms with Gasteiger partial charge in [-0.1, -0.05) is 67.7 Å². The average Bonchev–Trinajstić information content (AvgIpc) is 3.00. The quantitative estimate of drug-likeness (QED) is 0.286. The van der Waals surface area contributed by atoms with E-state index in [9.17, 15) is 9.59 Å².